The topological polar surface area (TPSA) is 21.7 Å². The van der Waals surface area contributed by atoms with Gasteiger partial charge in [0.05, 0.1) is 0 Å². The summed E-state index contributed by atoms with van der Waals surface area (Å²) in [5, 5.41) is 0. The van der Waals surface area contributed by atoms with Crippen molar-refractivity contribution >= 4 is 0 Å². The lowest BCUT2D eigenvalue weighted by Gasteiger charge is -2.40. The maximum Gasteiger partial charge on any atom is 0.142 e. The molecular formula is C31H47NO2. The molecule has 1 aromatic carbocycles. The van der Waals surface area contributed by atoms with Gasteiger partial charge in [-0.25, -0.2) is 0 Å². The van der Waals surface area contributed by atoms with Crippen LogP contribution in [0.1, 0.15) is 102 Å². The van der Waals surface area contributed by atoms with Crippen LogP contribution in [0, 0.1) is 13.8 Å². The molecule has 1 unspecified atom stereocenters. The number of ether oxygens (including phenoxy) is 2. The van der Waals surface area contributed by atoms with Crippen LogP contribution in [0.25, 0.3) is 0 Å². The molecule has 0 aliphatic carbocycles. The van der Waals surface area contributed by atoms with E-state index in [2.05, 4.69) is 78.6 Å². The SMILES string of the molecule is CC(C)=CCCC(C)=CCCC(C)=CCCC1(C)CCc2c3c(c(C)c(C)c2O1)OCN(C)C3. The van der Waals surface area contributed by atoms with E-state index >= 15 is 0 Å². The first-order valence-corrected chi connectivity index (χ1v) is 13.2. The summed E-state index contributed by atoms with van der Waals surface area (Å²) in [6.45, 7) is 17.2. The first-order valence-electron chi connectivity index (χ1n) is 13.2. The van der Waals surface area contributed by atoms with Crippen molar-refractivity contribution < 1.29 is 9.47 Å². The minimum Gasteiger partial charge on any atom is -0.487 e. The molecule has 3 nitrogen and oxygen atoms in total. The lowest BCUT2D eigenvalue weighted by Crippen LogP contribution is -2.38. The molecule has 1 aromatic rings. The van der Waals surface area contributed by atoms with E-state index in [-0.39, 0.29) is 5.60 Å². The van der Waals surface area contributed by atoms with E-state index in [1.54, 1.807) is 0 Å². The number of fused-ring (bicyclic) bond motifs is 3. The zero-order valence-electron chi connectivity index (χ0n) is 23.1. The van der Waals surface area contributed by atoms with E-state index in [1.807, 2.05) is 0 Å². The molecular weight excluding hydrogens is 418 g/mol. The summed E-state index contributed by atoms with van der Waals surface area (Å²) in [6.07, 6.45) is 16.1. The summed E-state index contributed by atoms with van der Waals surface area (Å²) >= 11 is 0. The monoisotopic (exact) mass is 465 g/mol. The van der Waals surface area contributed by atoms with Gasteiger partial charge in [0, 0.05) is 17.7 Å². The highest BCUT2D eigenvalue weighted by molar-refractivity contribution is 5.60. The van der Waals surface area contributed by atoms with Gasteiger partial charge in [0.2, 0.25) is 0 Å². The maximum absolute atomic E-state index is 6.76. The fourth-order valence-corrected chi connectivity index (χ4v) is 5.15. The Morgan fingerprint density at radius 3 is 2.18 bits per heavy atom. The van der Waals surface area contributed by atoms with Crippen molar-refractivity contribution in [2.45, 2.75) is 112 Å². The van der Waals surface area contributed by atoms with Gasteiger partial charge in [-0.2, -0.15) is 0 Å². The second-order valence-corrected chi connectivity index (χ2v) is 11.2. The molecule has 3 heteroatoms. The summed E-state index contributed by atoms with van der Waals surface area (Å²) in [7, 11) is 2.12. The van der Waals surface area contributed by atoms with Crippen LogP contribution in [0.5, 0.6) is 11.5 Å². The largest absolute Gasteiger partial charge is 0.487 e. The number of benzene rings is 1. The van der Waals surface area contributed by atoms with Gasteiger partial charge in [-0.1, -0.05) is 34.9 Å². The van der Waals surface area contributed by atoms with Crippen molar-refractivity contribution in [1.29, 1.82) is 0 Å². The third-order valence-electron chi connectivity index (χ3n) is 7.55. The molecule has 188 valence electrons. The number of nitrogens with zero attached hydrogens (tertiary/aromatic N) is 1. The van der Waals surface area contributed by atoms with Gasteiger partial charge in [-0.15, -0.1) is 0 Å². The van der Waals surface area contributed by atoms with Gasteiger partial charge in [0.25, 0.3) is 0 Å². The van der Waals surface area contributed by atoms with Gasteiger partial charge < -0.3 is 9.47 Å². The van der Waals surface area contributed by atoms with E-state index < -0.39 is 0 Å². The normalized spacial score (nSPS) is 20.8. The van der Waals surface area contributed by atoms with Crippen molar-refractivity contribution in [2.75, 3.05) is 13.8 Å². The Bertz CT molecular complexity index is 964. The molecule has 0 N–H and O–H groups in total. The van der Waals surface area contributed by atoms with E-state index in [4.69, 9.17) is 9.47 Å². The van der Waals surface area contributed by atoms with Crippen LogP contribution in [0.3, 0.4) is 0 Å². The Morgan fingerprint density at radius 2 is 1.50 bits per heavy atom. The predicted octanol–water partition coefficient (Wildman–Crippen LogP) is 8.37. The second-order valence-electron chi connectivity index (χ2n) is 11.2. The fraction of sp³-hybridized carbons (Fsp3) is 0.613. The van der Waals surface area contributed by atoms with Crippen molar-refractivity contribution in [3.63, 3.8) is 0 Å². The van der Waals surface area contributed by atoms with Crippen LogP contribution >= 0.6 is 0 Å². The maximum atomic E-state index is 6.76. The molecule has 0 fully saturated rings. The Morgan fingerprint density at radius 1 is 0.882 bits per heavy atom. The second kappa shape index (κ2) is 11.6. The number of rotatable bonds is 9. The average molecular weight is 466 g/mol. The Labute approximate surface area is 208 Å². The minimum atomic E-state index is -0.0991. The van der Waals surface area contributed by atoms with E-state index in [9.17, 15) is 0 Å². The van der Waals surface area contributed by atoms with Crippen molar-refractivity contribution in [1.82, 2.24) is 4.90 Å². The van der Waals surface area contributed by atoms with Crippen LogP contribution in [0.2, 0.25) is 0 Å². The molecule has 2 aliphatic rings. The van der Waals surface area contributed by atoms with Gasteiger partial charge in [0.15, 0.2) is 0 Å². The highest BCUT2D eigenvalue weighted by atomic mass is 16.5. The van der Waals surface area contributed by atoms with Crippen LogP contribution in [-0.4, -0.2) is 24.3 Å². The minimum absolute atomic E-state index is 0.0991. The zero-order chi connectivity index (χ0) is 24.9. The first-order chi connectivity index (χ1) is 16.1. The van der Waals surface area contributed by atoms with E-state index in [0.717, 1.165) is 63.0 Å². The Kier molecular flexibility index (Phi) is 9.09. The van der Waals surface area contributed by atoms with Gasteiger partial charge >= 0.3 is 0 Å². The van der Waals surface area contributed by atoms with Gasteiger partial charge in [-0.05, 0) is 118 Å². The molecule has 0 saturated carbocycles. The third kappa shape index (κ3) is 6.78. The average Bonchev–Trinajstić information content (AvgIpc) is 2.77. The fourth-order valence-electron chi connectivity index (χ4n) is 5.15. The molecule has 0 amide bonds. The van der Waals surface area contributed by atoms with Crippen LogP contribution in [0.4, 0.5) is 0 Å². The molecule has 1 atom stereocenters. The summed E-state index contributed by atoms with van der Waals surface area (Å²) in [5.74, 6) is 2.22. The standard InChI is InChI=1S/C31H47NO2/c1-22(2)12-9-13-23(3)14-10-15-24(4)16-11-18-31(7)19-17-27-28-20-32(8)21-33-29(28)25(5)26(6)30(27)34-31/h12,14,16H,9-11,13,15,17-21H2,1-8H3. The van der Waals surface area contributed by atoms with Crippen molar-refractivity contribution in [2.24, 2.45) is 0 Å². The van der Waals surface area contributed by atoms with Gasteiger partial charge in [-0.3, -0.25) is 4.90 Å². The number of hydrogen-bond donors (Lipinski definition) is 0. The Hall–Kier alpha value is -2.00. The highest BCUT2D eigenvalue weighted by Crippen LogP contribution is 2.46. The summed E-state index contributed by atoms with van der Waals surface area (Å²) in [4.78, 5) is 2.23. The summed E-state index contributed by atoms with van der Waals surface area (Å²) in [5.41, 5.74) is 9.53. The molecule has 0 aromatic heterocycles. The molecule has 2 heterocycles. The third-order valence-corrected chi connectivity index (χ3v) is 7.55. The predicted molar refractivity (Wildman–Crippen MR) is 145 cm³/mol. The van der Waals surface area contributed by atoms with E-state index in [1.165, 1.54) is 45.4 Å². The molecule has 0 saturated heterocycles. The molecule has 0 spiro atoms. The highest BCUT2D eigenvalue weighted by Gasteiger charge is 2.36. The molecule has 0 radical (unpaired) electrons. The summed E-state index contributed by atoms with van der Waals surface area (Å²) in [6, 6.07) is 0. The van der Waals surface area contributed by atoms with Crippen LogP contribution < -0.4 is 9.47 Å². The number of allylic oxidation sites excluding steroid dienone is 6. The van der Waals surface area contributed by atoms with Crippen molar-refractivity contribution in [3.8, 4) is 11.5 Å². The molecule has 34 heavy (non-hydrogen) atoms. The van der Waals surface area contributed by atoms with Crippen LogP contribution in [0.15, 0.2) is 34.9 Å². The molecule has 2 aliphatic heterocycles. The smallest absolute Gasteiger partial charge is 0.142 e. The van der Waals surface area contributed by atoms with Crippen molar-refractivity contribution in [3.05, 3.63) is 57.2 Å². The number of hydrogen-bond acceptors (Lipinski definition) is 3. The first kappa shape index (κ1) is 26.6. The molecule has 0 bridgehead atoms. The zero-order valence-corrected chi connectivity index (χ0v) is 23.1. The molecule has 3 rings (SSSR count). The van der Waals surface area contributed by atoms with Crippen LogP contribution in [-0.2, 0) is 13.0 Å². The lowest BCUT2D eigenvalue weighted by molar-refractivity contribution is 0.0536. The van der Waals surface area contributed by atoms with Gasteiger partial charge in [0.1, 0.15) is 23.8 Å². The quantitative estimate of drug-likeness (QED) is 0.342. The summed E-state index contributed by atoms with van der Waals surface area (Å²) < 4.78 is 12.9. The lowest BCUT2D eigenvalue weighted by atomic mass is 9.84. The van der Waals surface area contributed by atoms with E-state index in [0.29, 0.717) is 6.73 Å². The Balaban J connectivity index is 1.56.